The monoisotopic (exact) mass is 610 g/mol. The summed E-state index contributed by atoms with van der Waals surface area (Å²) >= 11 is 0. The van der Waals surface area contributed by atoms with E-state index in [0.29, 0.717) is 82.7 Å². The number of rotatable bonds is 12. The lowest BCUT2D eigenvalue weighted by molar-refractivity contribution is -0.122. The van der Waals surface area contributed by atoms with Gasteiger partial charge < -0.3 is 34.9 Å². The molecule has 1 aliphatic heterocycles. The standard InChI is InChI=1S/C33H34N6O6/c1-35-32(41)21-44-28-5-3-4-6-29(28)45-24-9-7-23(8-10-24)37-33-22(19-34)20-36-26-18-27(30(42-2)17-25(26)33)38-31(40)11-12-39-13-15-43-16-14-39/h3-10,17-18,20H,11-16,21H2,1-2H3,(H,35,41)(H,36,37)(H,38,40). The Bertz CT molecular complexity index is 1700. The maximum Gasteiger partial charge on any atom is 0.257 e. The lowest BCUT2D eigenvalue weighted by Crippen LogP contribution is -2.38. The number of pyridine rings is 1. The minimum atomic E-state index is -0.251. The number of hydrogen-bond donors (Lipinski definition) is 3. The number of hydrogen-bond acceptors (Lipinski definition) is 10. The van der Waals surface area contributed by atoms with Crippen molar-refractivity contribution in [3.63, 3.8) is 0 Å². The molecule has 3 N–H and O–H groups in total. The highest BCUT2D eigenvalue weighted by molar-refractivity contribution is 6.01. The van der Waals surface area contributed by atoms with Crippen LogP contribution in [0, 0.1) is 11.3 Å². The van der Waals surface area contributed by atoms with Crippen molar-refractivity contribution < 1.29 is 28.5 Å². The van der Waals surface area contributed by atoms with Gasteiger partial charge >= 0.3 is 0 Å². The maximum absolute atomic E-state index is 12.8. The second kappa shape index (κ2) is 14.9. The van der Waals surface area contributed by atoms with Gasteiger partial charge in [-0.3, -0.25) is 19.5 Å². The fourth-order valence-corrected chi connectivity index (χ4v) is 4.75. The van der Waals surface area contributed by atoms with Crippen molar-refractivity contribution in [3.05, 3.63) is 72.4 Å². The molecule has 1 aromatic heterocycles. The summed E-state index contributed by atoms with van der Waals surface area (Å²) in [4.78, 5) is 31.0. The molecule has 0 saturated carbocycles. The predicted molar refractivity (Wildman–Crippen MR) is 169 cm³/mol. The number of fused-ring (bicyclic) bond motifs is 1. The zero-order valence-corrected chi connectivity index (χ0v) is 25.1. The van der Waals surface area contributed by atoms with Crippen LogP contribution in [0.3, 0.4) is 0 Å². The number of methoxy groups -OCH3 is 1. The number of para-hydroxylation sites is 2. The van der Waals surface area contributed by atoms with Gasteiger partial charge in [0.05, 0.1) is 42.8 Å². The molecule has 0 unspecified atom stereocenters. The smallest absolute Gasteiger partial charge is 0.257 e. The van der Waals surface area contributed by atoms with E-state index in [9.17, 15) is 14.9 Å². The van der Waals surface area contributed by atoms with Gasteiger partial charge in [0.25, 0.3) is 5.91 Å². The highest BCUT2D eigenvalue weighted by atomic mass is 16.5. The summed E-state index contributed by atoms with van der Waals surface area (Å²) in [5.74, 6) is 1.51. The first kappa shape index (κ1) is 31.1. The molecule has 45 heavy (non-hydrogen) atoms. The Hall–Kier alpha value is -5.38. The van der Waals surface area contributed by atoms with Crippen molar-refractivity contribution in [3.8, 4) is 29.1 Å². The Morgan fingerprint density at radius 3 is 2.49 bits per heavy atom. The van der Waals surface area contributed by atoms with E-state index in [1.165, 1.54) is 13.3 Å². The fourth-order valence-electron chi connectivity index (χ4n) is 4.75. The molecule has 1 fully saturated rings. The predicted octanol–water partition coefficient (Wildman–Crippen LogP) is 4.44. The van der Waals surface area contributed by atoms with Crippen LogP contribution in [0.4, 0.5) is 17.1 Å². The second-order valence-corrected chi connectivity index (χ2v) is 10.1. The molecule has 0 radical (unpaired) electrons. The van der Waals surface area contributed by atoms with Gasteiger partial charge in [-0.05, 0) is 48.5 Å². The van der Waals surface area contributed by atoms with Crippen molar-refractivity contribution in [1.29, 1.82) is 5.26 Å². The van der Waals surface area contributed by atoms with E-state index in [0.717, 1.165) is 13.1 Å². The Balaban J connectivity index is 1.32. The largest absolute Gasteiger partial charge is 0.495 e. The lowest BCUT2D eigenvalue weighted by Gasteiger charge is -2.26. The number of carbonyl (C=O) groups is 2. The van der Waals surface area contributed by atoms with Crippen LogP contribution in [0.1, 0.15) is 12.0 Å². The number of benzene rings is 3. The number of likely N-dealkylation sites (N-methyl/N-ethyl adjacent to an activating group) is 1. The van der Waals surface area contributed by atoms with Gasteiger partial charge in [0, 0.05) is 50.4 Å². The molecule has 5 rings (SSSR count). The number of anilines is 3. The van der Waals surface area contributed by atoms with E-state index in [4.69, 9.17) is 18.9 Å². The molecule has 1 saturated heterocycles. The summed E-state index contributed by atoms with van der Waals surface area (Å²) in [5.41, 5.74) is 2.67. The van der Waals surface area contributed by atoms with Crippen LogP contribution in [-0.4, -0.2) is 75.3 Å². The molecule has 2 heterocycles. The van der Waals surface area contributed by atoms with Gasteiger partial charge in [-0.25, -0.2) is 0 Å². The molecule has 0 aliphatic carbocycles. The number of carbonyl (C=O) groups excluding carboxylic acids is 2. The summed E-state index contributed by atoms with van der Waals surface area (Å²) in [6, 6.07) is 20.0. The number of ether oxygens (including phenoxy) is 4. The molecule has 232 valence electrons. The first-order chi connectivity index (χ1) is 22.0. The lowest BCUT2D eigenvalue weighted by atomic mass is 10.1. The summed E-state index contributed by atoms with van der Waals surface area (Å²) in [5, 5.41) is 19.3. The number of nitrogens with zero attached hydrogens (tertiary/aromatic N) is 3. The average molecular weight is 611 g/mol. The van der Waals surface area contributed by atoms with E-state index in [2.05, 4.69) is 31.9 Å². The molecule has 12 heteroatoms. The third kappa shape index (κ3) is 7.97. The number of nitrogens with one attached hydrogen (secondary N) is 3. The van der Waals surface area contributed by atoms with Gasteiger partial charge in [0.15, 0.2) is 18.1 Å². The van der Waals surface area contributed by atoms with Crippen LogP contribution in [-0.2, 0) is 14.3 Å². The van der Waals surface area contributed by atoms with Gasteiger partial charge in [0.2, 0.25) is 5.91 Å². The minimum absolute atomic E-state index is 0.130. The van der Waals surface area contributed by atoms with Crippen LogP contribution in [0.15, 0.2) is 66.9 Å². The Morgan fingerprint density at radius 1 is 1.02 bits per heavy atom. The third-order valence-electron chi connectivity index (χ3n) is 7.18. The molecular formula is C33H34N6O6. The third-order valence-corrected chi connectivity index (χ3v) is 7.18. The first-order valence-electron chi connectivity index (χ1n) is 14.5. The Morgan fingerprint density at radius 2 is 1.78 bits per heavy atom. The number of amides is 2. The van der Waals surface area contributed by atoms with Crippen LogP contribution >= 0.6 is 0 Å². The van der Waals surface area contributed by atoms with Crippen LogP contribution in [0.25, 0.3) is 10.9 Å². The Kier molecular flexibility index (Phi) is 10.3. The second-order valence-electron chi connectivity index (χ2n) is 10.1. The van der Waals surface area contributed by atoms with Crippen LogP contribution in [0.5, 0.6) is 23.0 Å². The molecule has 12 nitrogen and oxygen atoms in total. The number of aromatic nitrogens is 1. The van der Waals surface area contributed by atoms with Crippen molar-refractivity contribution in [1.82, 2.24) is 15.2 Å². The van der Waals surface area contributed by atoms with E-state index in [-0.39, 0.29) is 18.4 Å². The quantitative estimate of drug-likeness (QED) is 0.210. The highest BCUT2D eigenvalue weighted by Crippen LogP contribution is 2.37. The molecule has 0 spiro atoms. The summed E-state index contributed by atoms with van der Waals surface area (Å²) in [6.07, 6.45) is 1.83. The van der Waals surface area contributed by atoms with Gasteiger partial charge in [-0.2, -0.15) is 5.26 Å². The van der Waals surface area contributed by atoms with Gasteiger partial charge in [-0.1, -0.05) is 12.1 Å². The Labute approximate surface area is 260 Å². The molecule has 1 aliphatic rings. The highest BCUT2D eigenvalue weighted by Gasteiger charge is 2.17. The van der Waals surface area contributed by atoms with E-state index < -0.39 is 0 Å². The molecule has 4 aromatic rings. The average Bonchev–Trinajstić information content (AvgIpc) is 3.08. The van der Waals surface area contributed by atoms with Crippen molar-refractivity contribution in [2.45, 2.75) is 6.42 Å². The molecular weight excluding hydrogens is 576 g/mol. The minimum Gasteiger partial charge on any atom is -0.495 e. The number of nitriles is 1. The molecule has 2 amide bonds. The summed E-state index contributed by atoms with van der Waals surface area (Å²) in [7, 11) is 3.07. The molecule has 3 aromatic carbocycles. The van der Waals surface area contributed by atoms with E-state index >= 15 is 0 Å². The van der Waals surface area contributed by atoms with Crippen LogP contribution < -0.4 is 30.2 Å². The first-order valence-corrected chi connectivity index (χ1v) is 14.5. The van der Waals surface area contributed by atoms with E-state index in [1.54, 1.807) is 49.5 Å². The van der Waals surface area contributed by atoms with Gasteiger partial charge in [-0.15, -0.1) is 0 Å². The van der Waals surface area contributed by atoms with Crippen LogP contribution in [0.2, 0.25) is 0 Å². The molecule has 0 atom stereocenters. The fraction of sp³-hybridized carbons (Fsp3) is 0.273. The van der Waals surface area contributed by atoms with Gasteiger partial charge in [0.1, 0.15) is 17.6 Å². The zero-order valence-electron chi connectivity index (χ0n) is 25.1. The zero-order chi connectivity index (χ0) is 31.6. The number of morpholine rings is 1. The molecule has 0 bridgehead atoms. The van der Waals surface area contributed by atoms with Crippen molar-refractivity contribution in [2.24, 2.45) is 0 Å². The normalized spacial score (nSPS) is 13.0. The SMILES string of the molecule is CNC(=O)COc1ccccc1Oc1ccc(Nc2c(C#N)cnc3cc(NC(=O)CCN4CCOCC4)c(OC)cc23)cc1. The summed E-state index contributed by atoms with van der Waals surface area (Å²) in [6.45, 7) is 3.49. The maximum atomic E-state index is 12.8. The topological polar surface area (TPSA) is 147 Å². The van der Waals surface area contributed by atoms with Crippen molar-refractivity contribution in [2.75, 3.05) is 64.2 Å². The summed E-state index contributed by atoms with van der Waals surface area (Å²) < 4.78 is 22.6. The van der Waals surface area contributed by atoms with E-state index in [1.807, 2.05) is 18.2 Å². The van der Waals surface area contributed by atoms with Crippen molar-refractivity contribution >= 4 is 39.8 Å².